The lowest BCUT2D eigenvalue weighted by atomic mass is 10.1. The molecule has 150 valence electrons. The number of carbonyl (C=O) groups is 3. The fourth-order valence-electron chi connectivity index (χ4n) is 2.67. The van der Waals surface area contributed by atoms with E-state index in [0.29, 0.717) is 23.5 Å². The van der Waals surface area contributed by atoms with Gasteiger partial charge in [0.25, 0.3) is 5.91 Å². The molecule has 3 rings (SSSR count). The Kier molecular flexibility index (Phi) is 6.04. The van der Waals surface area contributed by atoms with E-state index in [-0.39, 0.29) is 28.6 Å². The SMILES string of the molecule is CCOc1cc(/C=C2/NC(=O)NC2=O)cc(Cl)c1OCc1cccc(C(=O)O)c1. The molecule has 8 nitrogen and oxygen atoms in total. The second-order valence-electron chi connectivity index (χ2n) is 6.02. The Labute approximate surface area is 171 Å². The summed E-state index contributed by atoms with van der Waals surface area (Å²) in [6.45, 7) is 2.22. The molecule has 0 unspecified atom stereocenters. The smallest absolute Gasteiger partial charge is 0.335 e. The summed E-state index contributed by atoms with van der Waals surface area (Å²) in [6.07, 6.45) is 1.47. The average Bonchev–Trinajstić information content (AvgIpc) is 2.98. The maximum Gasteiger partial charge on any atom is 0.335 e. The van der Waals surface area contributed by atoms with E-state index in [1.165, 1.54) is 18.2 Å². The van der Waals surface area contributed by atoms with Crippen molar-refractivity contribution in [3.63, 3.8) is 0 Å². The summed E-state index contributed by atoms with van der Waals surface area (Å²) in [7, 11) is 0. The van der Waals surface area contributed by atoms with Gasteiger partial charge in [0.1, 0.15) is 12.3 Å². The second kappa shape index (κ2) is 8.66. The lowest BCUT2D eigenvalue weighted by Crippen LogP contribution is -2.22. The van der Waals surface area contributed by atoms with E-state index in [1.54, 1.807) is 31.2 Å². The number of carboxylic acids is 1. The Morgan fingerprint density at radius 2 is 1.97 bits per heavy atom. The maximum atomic E-state index is 11.7. The van der Waals surface area contributed by atoms with Gasteiger partial charge in [0, 0.05) is 0 Å². The minimum absolute atomic E-state index is 0.0831. The lowest BCUT2D eigenvalue weighted by Gasteiger charge is -2.15. The van der Waals surface area contributed by atoms with Gasteiger partial charge >= 0.3 is 12.0 Å². The van der Waals surface area contributed by atoms with Crippen molar-refractivity contribution >= 4 is 35.6 Å². The number of carbonyl (C=O) groups excluding carboxylic acids is 2. The summed E-state index contributed by atoms with van der Waals surface area (Å²) >= 11 is 6.35. The molecule has 3 N–H and O–H groups in total. The third-order valence-corrected chi connectivity index (χ3v) is 4.20. The normalized spacial score (nSPS) is 14.5. The minimum Gasteiger partial charge on any atom is -0.490 e. The summed E-state index contributed by atoms with van der Waals surface area (Å²) in [6, 6.07) is 8.97. The Bertz CT molecular complexity index is 1020. The second-order valence-corrected chi connectivity index (χ2v) is 6.43. The zero-order valence-corrected chi connectivity index (χ0v) is 16.1. The van der Waals surface area contributed by atoms with Gasteiger partial charge in [-0.15, -0.1) is 0 Å². The quantitative estimate of drug-likeness (QED) is 0.471. The molecule has 9 heteroatoms. The van der Waals surface area contributed by atoms with Gasteiger partial charge in [-0.25, -0.2) is 9.59 Å². The molecule has 1 heterocycles. The van der Waals surface area contributed by atoms with E-state index in [1.807, 2.05) is 0 Å². The molecule has 0 aliphatic carbocycles. The molecule has 0 saturated carbocycles. The first-order chi connectivity index (χ1) is 13.9. The number of carboxylic acid groups (broad SMARTS) is 1. The summed E-state index contributed by atoms with van der Waals surface area (Å²) < 4.78 is 11.4. The van der Waals surface area contributed by atoms with Crippen molar-refractivity contribution in [2.45, 2.75) is 13.5 Å². The van der Waals surface area contributed by atoms with Crippen LogP contribution in [-0.4, -0.2) is 29.6 Å². The Morgan fingerprint density at radius 1 is 1.17 bits per heavy atom. The minimum atomic E-state index is -1.03. The van der Waals surface area contributed by atoms with E-state index >= 15 is 0 Å². The molecule has 0 aromatic heterocycles. The number of urea groups is 1. The van der Waals surface area contributed by atoms with Gasteiger partial charge in [0.2, 0.25) is 0 Å². The van der Waals surface area contributed by atoms with Gasteiger partial charge in [-0.05, 0) is 48.4 Å². The number of rotatable bonds is 7. The predicted molar refractivity (Wildman–Crippen MR) is 105 cm³/mol. The monoisotopic (exact) mass is 416 g/mol. The fraction of sp³-hybridized carbons (Fsp3) is 0.150. The summed E-state index contributed by atoms with van der Waals surface area (Å²) in [5, 5.41) is 13.8. The highest BCUT2D eigenvalue weighted by atomic mass is 35.5. The highest BCUT2D eigenvalue weighted by Crippen LogP contribution is 2.38. The molecule has 1 aliphatic rings. The van der Waals surface area contributed by atoms with Gasteiger partial charge in [0.15, 0.2) is 11.5 Å². The van der Waals surface area contributed by atoms with E-state index in [2.05, 4.69) is 10.6 Å². The van der Waals surface area contributed by atoms with E-state index in [9.17, 15) is 14.4 Å². The third-order valence-electron chi connectivity index (χ3n) is 3.92. The molecule has 1 fully saturated rings. The predicted octanol–water partition coefficient (Wildman–Crippen LogP) is 3.20. The largest absolute Gasteiger partial charge is 0.490 e. The number of benzene rings is 2. The van der Waals surface area contributed by atoms with Gasteiger partial charge < -0.3 is 19.9 Å². The zero-order valence-electron chi connectivity index (χ0n) is 15.3. The first kappa shape index (κ1) is 20.2. The van der Waals surface area contributed by atoms with Crippen molar-refractivity contribution in [2.75, 3.05) is 6.61 Å². The summed E-state index contributed by atoms with van der Waals surface area (Å²) in [5.74, 6) is -0.926. The highest BCUT2D eigenvalue weighted by molar-refractivity contribution is 6.32. The van der Waals surface area contributed by atoms with E-state index in [4.69, 9.17) is 26.2 Å². The van der Waals surface area contributed by atoms with Crippen LogP contribution in [0.3, 0.4) is 0 Å². The number of nitrogens with one attached hydrogen (secondary N) is 2. The molecule has 1 saturated heterocycles. The van der Waals surface area contributed by atoms with Crippen LogP contribution in [0.1, 0.15) is 28.4 Å². The lowest BCUT2D eigenvalue weighted by molar-refractivity contribution is -0.115. The molecular formula is C20H17ClN2O6. The number of imide groups is 1. The molecule has 3 amide bonds. The van der Waals surface area contributed by atoms with Crippen molar-refractivity contribution in [3.05, 3.63) is 63.8 Å². The zero-order chi connectivity index (χ0) is 21.0. The molecule has 0 bridgehead atoms. The number of hydrogen-bond acceptors (Lipinski definition) is 5. The molecule has 0 radical (unpaired) electrons. The van der Waals surface area contributed by atoms with E-state index in [0.717, 1.165) is 0 Å². The summed E-state index contributed by atoms with van der Waals surface area (Å²) in [5.41, 5.74) is 1.43. The standard InChI is InChI=1S/C20H17ClN2O6/c1-2-28-16-9-12(8-15-18(24)23-20(27)22-15)7-14(21)17(16)29-10-11-4-3-5-13(6-11)19(25)26/h3-9H,2,10H2,1H3,(H,25,26)(H2,22,23,24,27)/b15-8+. The fourth-order valence-corrected chi connectivity index (χ4v) is 2.95. The molecule has 2 aromatic carbocycles. The molecule has 2 aromatic rings. The van der Waals surface area contributed by atoms with Crippen molar-refractivity contribution in [1.82, 2.24) is 10.6 Å². The van der Waals surface area contributed by atoms with Crippen LogP contribution in [0.15, 0.2) is 42.1 Å². The number of halogens is 1. The number of aromatic carboxylic acids is 1. The van der Waals surface area contributed by atoms with Crippen molar-refractivity contribution in [1.29, 1.82) is 0 Å². The van der Waals surface area contributed by atoms with Crippen LogP contribution in [0.2, 0.25) is 5.02 Å². The number of hydrogen-bond donors (Lipinski definition) is 3. The van der Waals surface area contributed by atoms with Crippen LogP contribution in [-0.2, 0) is 11.4 Å². The first-order valence-electron chi connectivity index (χ1n) is 8.62. The van der Waals surface area contributed by atoms with Crippen LogP contribution < -0.4 is 20.1 Å². The molecule has 29 heavy (non-hydrogen) atoms. The van der Waals surface area contributed by atoms with Crippen LogP contribution in [0.5, 0.6) is 11.5 Å². The topological polar surface area (TPSA) is 114 Å². The van der Waals surface area contributed by atoms with E-state index < -0.39 is 17.9 Å². The Hall–Kier alpha value is -3.52. The highest BCUT2D eigenvalue weighted by Gasteiger charge is 2.23. The number of amides is 3. The van der Waals surface area contributed by atoms with Gasteiger partial charge in [-0.3, -0.25) is 10.1 Å². The van der Waals surface area contributed by atoms with Crippen LogP contribution in [0, 0.1) is 0 Å². The van der Waals surface area contributed by atoms with Gasteiger partial charge in [0.05, 0.1) is 17.2 Å². The Balaban J connectivity index is 1.86. The van der Waals surface area contributed by atoms with Crippen LogP contribution in [0.25, 0.3) is 6.08 Å². The average molecular weight is 417 g/mol. The van der Waals surface area contributed by atoms with Gasteiger partial charge in [-0.1, -0.05) is 23.7 Å². The molecule has 0 atom stereocenters. The first-order valence-corrected chi connectivity index (χ1v) is 9.00. The molecule has 1 aliphatic heterocycles. The number of ether oxygens (including phenoxy) is 2. The van der Waals surface area contributed by atoms with Crippen molar-refractivity contribution in [2.24, 2.45) is 0 Å². The molecular weight excluding hydrogens is 400 g/mol. The maximum absolute atomic E-state index is 11.7. The Morgan fingerprint density at radius 3 is 2.62 bits per heavy atom. The van der Waals surface area contributed by atoms with Crippen molar-refractivity contribution < 1.29 is 29.0 Å². The van der Waals surface area contributed by atoms with Crippen LogP contribution >= 0.6 is 11.6 Å². The molecule has 0 spiro atoms. The van der Waals surface area contributed by atoms with Crippen LogP contribution in [0.4, 0.5) is 4.79 Å². The van der Waals surface area contributed by atoms with Gasteiger partial charge in [-0.2, -0.15) is 0 Å². The third kappa shape index (κ3) is 4.85. The summed E-state index contributed by atoms with van der Waals surface area (Å²) in [4.78, 5) is 34.0. The van der Waals surface area contributed by atoms with Crippen molar-refractivity contribution in [3.8, 4) is 11.5 Å².